The van der Waals surface area contributed by atoms with E-state index in [0.717, 1.165) is 6.26 Å². The Balaban J connectivity index is 2.85. The Bertz CT molecular complexity index is 619. The molecule has 1 rings (SSSR count). The second-order valence-electron chi connectivity index (χ2n) is 4.44. The highest BCUT2D eigenvalue weighted by atomic mass is 32.2. The van der Waals surface area contributed by atoms with Gasteiger partial charge >= 0.3 is 0 Å². The number of benzene rings is 1. The zero-order valence-electron chi connectivity index (χ0n) is 11.1. The van der Waals surface area contributed by atoms with E-state index in [4.69, 9.17) is 0 Å². The van der Waals surface area contributed by atoms with E-state index >= 15 is 0 Å². The number of hydrogen-bond donors (Lipinski definition) is 1. The fourth-order valence-electron chi connectivity index (χ4n) is 1.35. The molecule has 0 aliphatic heterocycles. The van der Waals surface area contributed by atoms with Crippen molar-refractivity contribution in [2.45, 2.75) is 9.79 Å². The van der Waals surface area contributed by atoms with E-state index in [9.17, 15) is 16.8 Å². The minimum atomic E-state index is -3.59. The lowest BCUT2D eigenvalue weighted by Gasteiger charge is -2.11. The van der Waals surface area contributed by atoms with Gasteiger partial charge in [0.05, 0.1) is 9.79 Å². The molecule has 0 unspecified atom stereocenters. The van der Waals surface area contributed by atoms with Crippen LogP contribution >= 0.6 is 0 Å². The minimum Gasteiger partial charge on any atom is -0.308 e. The van der Waals surface area contributed by atoms with Crippen LogP contribution in [-0.2, 0) is 19.9 Å². The summed E-state index contributed by atoms with van der Waals surface area (Å²) in [6, 6.07) is 5.15. The molecule has 6 nitrogen and oxygen atoms in total. The quantitative estimate of drug-likeness (QED) is 0.795. The molecule has 0 spiro atoms. The third-order valence-corrected chi connectivity index (χ3v) is 5.02. The summed E-state index contributed by atoms with van der Waals surface area (Å²) in [7, 11) is -3.22. The fraction of sp³-hybridized carbons (Fsp3) is 0.455. The standard InChI is InChI=1S/C11H18N2O4S2/c1-13(2)9-8-12-19(16,17)11-6-4-10(5-7-11)18(3,14)15/h4-7,12H,8-9H2,1-3H3. The van der Waals surface area contributed by atoms with Gasteiger partial charge in [0, 0.05) is 19.3 Å². The van der Waals surface area contributed by atoms with Gasteiger partial charge in [-0.15, -0.1) is 0 Å². The molecule has 0 amide bonds. The molecule has 0 radical (unpaired) electrons. The van der Waals surface area contributed by atoms with Crippen LogP contribution < -0.4 is 4.72 Å². The average molecular weight is 306 g/mol. The van der Waals surface area contributed by atoms with E-state index < -0.39 is 19.9 Å². The molecule has 0 aliphatic carbocycles. The van der Waals surface area contributed by atoms with Gasteiger partial charge in [0.1, 0.15) is 0 Å². The van der Waals surface area contributed by atoms with Crippen molar-refractivity contribution in [2.24, 2.45) is 0 Å². The van der Waals surface area contributed by atoms with Crippen molar-refractivity contribution in [2.75, 3.05) is 33.4 Å². The summed E-state index contributed by atoms with van der Waals surface area (Å²) in [5.74, 6) is 0. The lowest BCUT2D eigenvalue weighted by Crippen LogP contribution is -2.31. The maximum Gasteiger partial charge on any atom is 0.240 e. The largest absolute Gasteiger partial charge is 0.308 e. The molecular formula is C11H18N2O4S2. The fourth-order valence-corrected chi connectivity index (χ4v) is 3.00. The first kappa shape index (κ1) is 16.1. The third-order valence-electron chi connectivity index (χ3n) is 2.41. The maximum absolute atomic E-state index is 11.9. The Morgan fingerprint density at radius 3 is 1.89 bits per heavy atom. The SMILES string of the molecule is CN(C)CCNS(=O)(=O)c1ccc(S(C)(=O)=O)cc1. The molecule has 0 atom stereocenters. The Morgan fingerprint density at radius 1 is 1.00 bits per heavy atom. The van der Waals surface area contributed by atoms with Gasteiger partial charge in [-0.05, 0) is 38.4 Å². The van der Waals surface area contributed by atoms with Gasteiger partial charge in [-0.25, -0.2) is 21.6 Å². The van der Waals surface area contributed by atoms with E-state index in [2.05, 4.69) is 4.72 Å². The molecule has 1 aromatic rings. The highest BCUT2D eigenvalue weighted by molar-refractivity contribution is 7.90. The number of nitrogens with zero attached hydrogens (tertiary/aromatic N) is 1. The summed E-state index contributed by atoms with van der Waals surface area (Å²) >= 11 is 0. The average Bonchev–Trinajstić information content (AvgIpc) is 2.27. The van der Waals surface area contributed by atoms with Crippen LogP contribution in [0.3, 0.4) is 0 Å². The van der Waals surface area contributed by atoms with Crippen molar-refractivity contribution < 1.29 is 16.8 Å². The molecule has 19 heavy (non-hydrogen) atoms. The Kier molecular flexibility index (Phi) is 5.08. The van der Waals surface area contributed by atoms with Gasteiger partial charge in [0.2, 0.25) is 10.0 Å². The van der Waals surface area contributed by atoms with Gasteiger partial charge < -0.3 is 4.90 Å². The van der Waals surface area contributed by atoms with Gasteiger partial charge in [0.25, 0.3) is 0 Å². The van der Waals surface area contributed by atoms with E-state index in [1.807, 2.05) is 19.0 Å². The molecule has 0 aromatic heterocycles. The van der Waals surface area contributed by atoms with Crippen LogP contribution in [0.25, 0.3) is 0 Å². The van der Waals surface area contributed by atoms with Crippen molar-refractivity contribution in [3.63, 3.8) is 0 Å². The number of hydrogen-bond acceptors (Lipinski definition) is 5. The third kappa shape index (κ3) is 4.90. The molecule has 0 bridgehead atoms. The predicted octanol–water partition coefficient (Wildman–Crippen LogP) is -0.0700. The van der Waals surface area contributed by atoms with Crippen LogP contribution in [-0.4, -0.2) is 55.2 Å². The molecular weight excluding hydrogens is 288 g/mol. The molecule has 108 valence electrons. The zero-order valence-corrected chi connectivity index (χ0v) is 12.8. The molecule has 8 heteroatoms. The van der Waals surface area contributed by atoms with Crippen molar-refractivity contribution >= 4 is 19.9 Å². The highest BCUT2D eigenvalue weighted by Crippen LogP contribution is 2.13. The highest BCUT2D eigenvalue weighted by Gasteiger charge is 2.15. The molecule has 1 N–H and O–H groups in total. The van der Waals surface area contributed by atoms with E-state index in [-0.39, 0.29) is 9.79 Å². The van der Waals surface area contributed by atoms with Gasteiger partial charge in [0.15, 0.2) is 9.84 Å². The molecule has 0 fully saturated rings. The molecule has 0 saturated heterocycles. The molecule has 1 aromatic carbocycles. The first-order valence-electron chi connectivity index (χ1n) is 5.57. The lowest BCUT2D eigenvalue weighted by atomic mass is 10.4. The topological polar surface area (TPSA) is 83.6 Å². The number of nitrogens with one attached hydrogen (secondary N) is 1. The van der Waals surface area contributed by atoms with Crippen molar-refractivity contribution in [1.82, 2.24) is 9.62 Å². The number of sulfone groups is 1. The molecule has 0 heterocycles. The van der Waals surface area contributed by atoms with Crippen LogP contribution in [0.4, 0.5) is 0 Å². The zero-order chi connectivity index (χ0) is 14.7. The number of rotatable bonds is 6. The second kappa shape index (κ2) is 6.00. The molecule has 0 saturated carbocycles. The predicted molar refractivity (Wildman–Crippen MR) is 73.3 cm³/mol. The first-order valence-corrected chi connectivity index (χ1v) is 8.95. The van der Waals surface area contributed by atoms with Gasteiger partial charge in [-0.1, -0.05) is 0 Å². The normalized spacial score (nSPS) is 12.8. The summed E-state index contributed by atoms with van der Waals surface area (Å²) in [5, 5.41) is 0. The van der Waals surface area contributed by atoms with Crippen LogP contribution in [0.2, 0.25) is 0 Å². The van der Waals surface area contributed by atoms with Crippen LogP contribution in [0.1, 0.15) is 0 Å². The summed E-state index contributed by atoms with van der Waals surface area (Å²) < 4.78 is 48.8. The summed E-state index contributed by atoms with van der Waals surface area (Å²) in [6.07, 6.45) is 1.08. The molecule has 0 aliphatic rings. The van der Waals surface area contributed by atoms with Crippen molar-refractivity contribution in [3.8, 4) is 0 Å². The van der Waals surface area contributed by atoms with Crippen LogP contribution in [0.15, 0.2) is 34.1 Å². The summed E-state index contributed by atoms with van der Waals surface area (Å²) in [5.41, 5.74) is 0. The van der Waals surface area contributed by atoms with Crippen LogP contribution in [0, 0.1) is 0 Å². The maximum atomic E-state index is 11.9. The van der Waals surface area contributed by atoms with Crippen molar-refractivity contribution in [1.29, 1.82) is 0 Å². The van der Waals surface area contributed by atoms with Crippen LogP contribution in [0.5, 0.6) is 0 Å². The number of sulfonamides is 1. The minimum absolute atomic E-state index is 0.0543. The van der Waals surface area contributed by atoms with E-state index in [0.29, 0.717) is 13.1 Å². The van der Waals surface area contributed by atoms with E-state index in [1.54, 1.807) is 0 Å². The summed E-state index contributed by atoms with van der Waals surface area (Å²) in [4.78, 5) is 2.01. The Labute approximate surface area is 114 Å². The Morgan fingerprint density at radius 2 is 1.47 bits per heavy atom. The summed E-state index contributed by atoms with van der Waals surface area (Å²) in [6.45, 7) is 0.879. The Hall–Kier alpha value is -0.960. The van der Waals surface area contributed by atoms with Gasteiger partial charge in [-0.2, -0.15) is 0 Å². The second-order valence-corrected chi connectivity index (χ2v) is 8.23. The first-order chi connectivity index (χ1) is 8.63. The smallest absolute Gasteiger partial charge is 0.240 e. The lowest BCUT2D eigenvalue weighted by molar-refractivity contribution is 0.412. The number of likely N-dealkylation sites (N-methyl/N-ethyl adjacent to an activating group) is 1. The van der Waals surface area contributed by atoms with Gasteiger partial charge in [-0.3, -0.25) is 0 Å². The monoisotopic (exact) mass is 306 g/mol. The van der Waals surface area contributed by atoms with E-state index in [1.165, 1.54) is 24.3 Å². The van der Waals surface area contributed by atoms with Crippen molar-refractivity contribution in [3.05, 3.63) is 24.3 Å².